The first-order valence-electron chi connectivity index (χ1n) is 9.86. The quantitative estimate of drug-likeness (QED) is 0.487. The SMILES string of the molecule is CCn1c(SCC(=O)Nc2cccc(C)c2)nnc1[C@H](C)NC(=O)c1ccc(Cl)cc1. The number of rotatable bonds is 8. The lowest BCUT2D eigenvalue weighted by Gasteiger charge is -2.15. The zero-order chi connectivity index (χ0) is 22.4. The van der Waals surface area contributed by atoms with Crippen molar-refractivity contribution >= 4 is 40.9 Å². The average molecular weight is 458 g/mol. The number of halogens is 1. The lowest BCUT2D eigenvalue weighted by atomic mass is 10.2. The van der Waals surface area contributed by atoms with E-state index in [1.165, 1.54) is 11.8 Å². The zero-order valence-corrected chi connectivity index (χ0v) is 19.1. The van der Waals surface area contributed by atoms with Gasteiger partial charge in [-0.1, -0.05) is 35.5 Å². The Bertz CT molecular complexity index is 1070. The molecular weight excluding hydrogens is 434 g/mol. The van der Waals surface area contributed by atoms with Crippen molar-refractivity contribution in [1.29, 1.82) is 0 Å². The second-order valence-corrected chi connectivity index (χ2v) is 8.37. The molecule has 7 nitrogen and oxygen atoms in total. The lowest BCUT2D eigenvalue weighted by Crippen LogP contribution is -2.28. The van der Waals surface area contributed by atoms with Crippen molar-refractivity contribution in [1.82, 2.24) is 20.1 Å². The first-order chi connectivity index (χ1) is 14.9. The molecule has 0 aliphatic heterocycles. The monoisotopic (exact) mass is 457 g/mol. The van der Waals surface area contributed by atoms with E-state index in [0.29, 0.717) is 28.1 Å². The van der Waals surface area contributed by atoms with Gasteiger partial charge in [-0.15, -0.1) is 10.2 Å². The van der Waals surface area contributed by atoms with Crippen LogP contribution < -0.4 is 10.6 Å². The van der Waals surface area contributed by atoms with Crippen LogP contribution in [0.3, 0.4) is 0 Å². The molecule has 9 heteroatoms. The number of aryl methyl sites for hydroxylation is 1. The highest BCUT2D eigenvalue weighted by Gasteiger charge is 2.20. The molecule has 0 fully saturated rings. The second-order valence-electron chi connectivity index (χ2n) is 6.99. The Hall–Kier alpha value is -2.84. The van der Waals surface area contributed by atoms with Crippen LogP contribution in [-0.2, 0) is 11.3 Å². The third-order valence-electron chi connectivity index (χ3n) is 4.54. The maximum absolute atomic E-state index is 12.5. The van der Waals surface area contributed by atoms with Gasteiger partial charge >= 0.3 is 0 Å². The summed E-state index contributed by atoms with van der Waals surface area (Å²) in [7, 11) is 0. The van der Waals surface area contributed by atoms with E-state index in [9.17, 15) is 9.59 Å². The van der Waals surface area contributed by atoms with Crippen molar-refractivity contribution < 1.29 is 9.59 Å². The standard InChI is InChI=1S/C22H24ClN5O2S/c1-4-28-20(15(3)24-21(30)16-8-10-17(23)11-9-16)26-27-22(28)31-13-19(29)25-18-7-5-6-14(2)12-18/h5-12,15H,4,13H2,1-3H3,(H,24,30)(H,25,29)/t15-/m0/s1. The molecule has 0 bridgehead atoms. The van der Waals surface area contributed by atoms with E-state index in [2.05, 4.69) is 20.8 Å². The van der Waals surface area contributed by atoms with Crippen LogP contribution in [-0.4, -0.2) is 32.3 Å². The summed E-state index contributed by atoms with van der Waals surface area (Å²) in [5.74, 6) is 0.497. The summed E-state index contributed by atoms with van der Waals surface area (Å²) in [5, 5.41) is 15.5. The van der Waals surface area contributed by atoms with Crippen LogP contribution in [0.25, 0.3) is 0 Å². The molecule has 0 saturated heterocycles. The Morgan fingerprint density at radius 1 is 1.16 bits per heavy atom. The molecule has 0 saturated carbocycles. The second kappa shape index (κ2) is 10.5. The number of carbonyl (C=O) groups is 2. The minimum atomic E-state index is -0.355. The zero-order valence-electron chi connectivity index (χ0n) is 17.6. The highest BCUT2D eigenvalue weighted by atomic mass is 35.5. The molecular formula is C22H24ClN5O2S. The lowest BCUT2D eigenvalue weighted by molar-refractivity contribution is -0.113. The van der Waals surface area contributed by atoms with E-state index in [-0.39, 0.29) is 23.6 Å². The van der Waals surface area contributed by atoms with Crippen LogP contribution >= 0.6 is 23.4 Å². The summed E-state index contributed by atoms with van der Waals surface area (Å²) in [6, 6.07) is 14.0. The van der Waals surface area contributed by atoms with Crippen molar-refractivity contribution in [3.8, 4) is 0 Å². The summed E-state index contributed by atoms with van der Waals surface area (Å²) in [6.07, 6.45) is 0. The number of benzene rings is 2. The number of hydrogen-bond donors (Lipinski definition) is 2. The minimum absolute atomic E-state index is 0.119. The smallest absolute Gasteiger partial charge is 0.251 e. The summed E-state index contributed by atoms with van der Waals surface area (Å²) in [6.45, 7) is 6.41. The number of nitrogens with one attached hydrogen (secondary N) is 2. The molecule has 1 aromatic heterocycles. The third kappa shape index (κ3) is 6.08. The number of amides is 2. The van der Waals surface area contributed by atoms with Gasteiger partial charge < -0.3 is 15.2 Å². The van der Waals surface area contributed by atoms with Gasteiger partial charge in [0.1, 0.15) is 0 Å². The molecule has 3 rings (SSSR count). The molecule has 1 atom stereocenters. The van der Waals surface area contributed by atoms with Gasteiger partial charge in [-0.2, -0.15) is 0 Å². The Labute approximate surface area is 190 Å². The van der Waals surface area contributed by atoms with Crippen LogP contribution in [0, 0.1) is 6.92 Å². The summed E-state index contributed by atoms with van der Waals surface area (Å²) < 4.78 is 1.90. The van der Waals surface area contributed by atoms with Crippen molar-refractivity contribution in [2.75, 3.05) is 11.1 Å². The van der Waals surface area contributed by atoms with Gasteiger partial charge in [-0.3, -0.25) is 9.59 Å². The fraction of sp³-hybridized carbons (Fsp3) is 0.273. The van der Waals surface area contributed by atoms with Crippen molar-refractivity contribution in [2.45, 2.75) is 38.5 Å². The molecule has 162 valence electrons. The highest BCUT2D eigenvalue weighted by molar-refractivity contribution is 7.99. The Balaban J connectivity index is 1.62. The number of thioether (sulfide) groups is 1. The van der Waals surface area contributed by atoms with Gasteiger partial charge in [0, 0.05) is 22.8 Å². The Morgan fingerprint density at radius 3 is 2.58 bits per heavy atom. The first kappa shape index (κ1) is 22.8. The third-order valence-corrected chi connectivity index (χ3v) is 5.76. The highest BCUT2D eigenvalue weighted by Crippen LogP contribution is 2.21. The largest absolute Gasteiger partial charge is 0.342 e. The molecule has 0 spiro atoms. The van der Waals surface area contributed by atoms with Crippen molar-refractivity contribution in [2.24, 2.45) is 0 Å². The number of anilines is 1. The maximum atomic E-state index is 12.5. The van der Waals surface area contributed by atoms with Crippen LogP contribution in [0.2, 0.25) is 5.02 Å². The van der Waals surface area contributed by atoms with E-state index in [1.54, 1.807) is 24.3 Å². The summed E-state index contributed by atoms with van der Waals surface area (Å²) >= 11 is 7.19. The first-order valence-corrected chi connectivity index (χ1v) is 11.2. The van der Waals surface area contributed by atoms with Crippen LogP contribution in [0.1, 0.15) is 41.6 Å². The number of carbonyl (C=O) groups excluding carboxylic acids is 2. The van der Waals surface area contributed by atoms with Crippen molar-refractivity contribution in [3.63, 3.8) is 0 Å². The number of hydrogen-bond acceptors (Lipinski definition) is 5. The van der Waals surface area contributed by atoms with E-state index >= 15 is 0 Å². The van der Waals surface area contributed by atoms with Gasteiger partial charge in [-0.25, -0.2) is 0 Å². The summed E-state index contributed by atoms with van der Waals surface area (Å²) in [5.41, 5.74) is 2.36. The van der Waals surface area contributed by atoms with Gasteiger partial charge in [0.25, 0.3) is 5.91 Å². The molecule has 0 unspecified atom stereocenters. The average Bonchev–Trinajstić information content (AvgIpc) is 3.16. The van der Waals surface area contributed by atoms with Crippen LogP contribution in [0.15, 0.2) is 53.7 Å². The normalized spacial score (nSPS) is 11.7. The molecule has 2 aromatic carbocycles. The van der Waals surface area contributed by atoms with Gasteiger partial charge in [0.2, 0.25) is 5.91 Å². The predicted octanol–water partition coefficient (Wildman–Crippen LogP) is 4.48. The number of aromatic nitrogens is 3. The summed E-state index contributed by atoms with van der Waals surface area (Å²) in [4.78, 5) is 24.8. The van der Waals surface area contributed by atoms with Crippen LogP contribution in [0.5, 0.6) is 0 Å². The van der Waals surface area contributed by atoms with E-state index < -0.39 is 0 Å². The fourth-order valence-corrected chi connectivity index (χ4v) is 3.96. The van der Waals surface area contributed by atoms with Gasteiger partial charge in [0.15, 0.2) is 11.0 Å². The van der Waals surface area contributed by atoms with E-state index in [1.807, 2.05) is 49.6 Å². The molecule has 2 amide bonds. The fourth-order valence-electron chi connectivity index (χ4n) is 3.02. The molecule has 2 N–H and O–H groups in total. The molecule has 0 aliphatic rings. The maximum Gasteiger partial charge on any atom is 0.251 e. The Morgan fingerprint density at radius 2 is 1.90 bits per heavy atom. The van der Waals surface area contributed by atoms with E-state index in [4.69, 9.17) is 11.6 Å². The number of nitrogens with zero attached hydrogens (tertiary/aromatic N) is 3. The van der Waals surface area contributed by atoms with E-state index in [0.717, 1.165) is 11.3 Å². The molecule has 0 aliphatic carbocycles. The Kier molecular flexibility index (Phi) is 7.70. The minimum Gasteiger partial charge on any atom is -0.342 e. The predicted molar refractivity (Wildman–Crippen MR) is 124 cm³/mol. The molecule has 31 heavy (non-hydrogen) atoms. The van der Waals surface area contributed by atoms with Crippen LogP contribution in [0.4, 0.5) is 5.69 Å². The van der Waals surface area contributed by atoms with Crippen molar-refractivity contribution in [3.05, 3.63) is 70.5 Å². The molecule has 1 heterocycles. The van der Waals surface area contributed by atoms with Gasteiger partial charge in [0.05, 0.1) is 11.8 Å². The molecule has 0 radical (unpaired) electrons. The van der Waals surface area contributed by atoms with Gasteiger partial charge in [-0.05, 0) is 62.7 Å². The topological polar surface area (TPSA) is 88.9 Å². The molecule has 3 aromatic rings.